The third-order valence-corrected chi connectivity index (χ3v) is 3.17. The molecule has 0 aliphatic rings. The van der Waals surface area contributed by atoms with Crippen LogP contribution < -0.4 is 16.0 Å². The van der Waals surface area contributed by atoms with Gasteiger partial charge >= 0.3 is 5.97 Å². The highest BCUT2D eigenvalue weighted by atomic mass is 16.6. The molecule has 0 bridgehead atoms. The van der Waals surface area contributed by atoms with Crippen LogP contribution in [0.3, 0.4) is 0 Å². The van der Waals surface area contributed by atoms with Crippen LogP contribution in [0, 0.1) is 0 Å². The number of nitrogens with zero attached hydrogens (tertiary/aromatic N) is 1. The average molecular weight is 371 g/mol. The minimum Gasteiger partial charge on any atom is -0.460 e. The highest BCUT2D eigenvalue weighted by molar-refractivity contribution is 5.86. The molecular weight excluding hydrogens is 332 g/mol. The van der Waals surface area contributed by atoms with Gasteiger partial charge in [-0.15, -0.1) is 0 Å². The second-order valence-corrected chi connectivity index (χ2v) is 8.40. The van der Waals surface area contributed by atoms with Crippen LogP contribution >= 0.6 is 0 Å². The normalized spacial score (nSPS) is 12.5. The smallest absolute Gasteiger partial charge is 0.306 e. The first-order valence-corrected chi connectivity index (χ1v) is 9.40. The summed E-state index contributed by atoms with van der Waals surface area (Å²) in [6.45, 7) is 12.4. The number of carbonyl (C=O) groups excluding carboxylic acids is 2. The molecule has 26 heavy (non-hydrogen) atoms. The molecule has 7 heteroatoms. The number of carbonyl (C=O) groups is 2. The summed E-state index contributed by atoms with van der Waals surface area (Å²) in [5.41, 5.74) is -0.650. The predicted molar refractivity (Wildman–Crippen MR) is 106 cm³/mol. The number of amides is 1. The lowest BCUT2D eigenvalue weighted by Crippen LogP contribution is -2.48. The summed E-state index contributed by atoms with van der Waals surface area (Å²) in [5, 5.41) is 9.07. The molecular formula is C19H38N4O3. The zero-order chi connectivity index (χ0) is 20.2. The van der Waals surface area contributed by atoms with Gasteiger partial charge in [0.2, 0.25) is 5.91 Å². The van der Waals surface area contributed by atoms with Gasteiger partial charge in [0, 0.05) is 25.6 Å². The Balaban J connectivity index is 3.76. The lowest BCUT2D eigenvalue weighted by molar-refractivity contribution is -0.154. The van der Waals surface area contributed by atoms with Gasteiger partial charge in [-0.1, -0.05) is 12.8 Å². The minimum absolute atomic E-state index is 0.0670. The van der Waals surface area contributed by atoms with Crippen LogP contribution in [0.1, 0.15) is 73.6 Å². The Morgan fingerprint density at radius 2 is 1.54 bits per heavy atom. The Labute approximate surface area is 158 Å². The molecule has 0 aliphatic carbocycles. The molecule has 7 nitrogen and oxygen atoms in total. The lowest BCUT2D eigenvalue weighted by atomic mass is 10.1. The maximum atomic E-state index is 11.8. The standard InChI is InChI=1S/C19H38N4O3/c1-18(2,3)23-15(24)14-22-17(20-7)21-13-11-9-8-10-12-16(25)26-19(4,5)6/h8-14H2,1-7H3,(H,23,24)(H2,20,21,22). The second-order valence-electron chi connectivity index (χ2n) is 8.40. The third-order valence-electron chi connectivity index (χ3n) is 3.17. The minimum atomic E-state index is -0.409. The van der Waals surface area contributed by atoms with E-state index in [0.29, 0.717) is 12.4 Å². The first kappa shape index (κ1) is 24.2. The fraction of sp³-hybridized carbons (Fsp3) is 0.842. The van der Waals surface area contributed by atoms with E-state index in [1.807, 2.05) is 41.5 Å². The zero-order valence-corrected chi connectivity index (χ0v) is 17.6. The molecule has 0 radical (unpaired) electrons. The maximum absolute atomic E-state index is 11.8. The molecule has 0 aliphatic heterocycles. The fourth-order valence-corrected chi connectivity index (χ4v) is 2.19. The van der Waals surface area contributed by atoms with Gasteiger partial charge in [-0.05, 0) is 54.4 Å². The number of unbranched alkanes of at least 4 members (excludes halogenated alkanes) is 3. The van der Waals surface area contributed by atoms with Crippen molar-refractivity contribution in [1.29, 1.82) is 0 Å². The van der Waals surface area contributed by atoms with E-state index in [9.17, 15) is 9.59 Å². The van der Waals surface area contributed by atoms with Crippen LogP contribution in [0.25, 0.3) is 0 Å². The summed E-state index contributed by atoms with van der Waals surface area (Å²) < 4.78 is 5.28. The van der Waals surface area contributed by atoms with Crippen molar-refractivity contribution in [2.75, 3.05) is 20.1 Å². The Morgan fingerprint density at radius 3 is 2.08 bits per heavy atom. The van der Waals surface area contributed by atoms with Gasteiger partial charge in [-0.3, -0.25) is 14.6 Å². The van der Waals surface area contributed by atoms with E-state index in [0.717, 1.165) is 32.2 Å². The Bertz CT molecular complexity index is 462. The largest absolute Gasteiger partial charge is 0.460 e. The summed E-state index contributed by atoms with van der Waals surface area (Å²) in [5.74, 6) is 0.416. The number of hydrogen-bond acceptors (Lipinski definition) is 4. The van der Waals surface area contributed by atoms with Gasteiger partial charge < -0.3 is 20.7 Å². The molecule has 0 aromatic rings. The molecule has 3 N–H and O–H groups in total. The fourth-order valence-electron chi connectivity index (χ4n) is 2.19. The van der Waals surface area contributed by atoms with Gasteiger partial charge in [-0.25, -0.2) is 0 Å². The van der Waals surface area contributed by atoms with Crippen LogP contribution in [-0.2, 0) is 14.3 Å². The first-order valence-electron chi connectivity index (χ1n) is 9.40. The average Bonchev–Trinajstić information content (AvgIpc) is 2.45. The van der Waals surface area contributed by atoms with E-state index in [4.69, 9.17) is 4.74 Å². The van der Waals surface area contributed by atoms with Crippen molar-refractivity contribution in [1.82, 2.24) is 16.0 Å². The Hall–Kier alpha value is -1.79. The molecule has 0 aromatic heterocycles. The van der Waals surface area contributed by atoms with E-state index in [2.05, 4.69) is 20.9 Å². The molecule has 1 amide bonds. The molecule has 0 aromatic carbocycles. The van der Waals surface area contributed by atoms with E-state index in [-0.39, 0.29) is 24.0 Å². The Morgan fingerprint density at radius 1 is 0.923 bits per heavy atom. The SMILES string of the molecule is CN=C(NCCCCCCC(=O)OC(C)(C)C)NCC(=O)NC(C)(C)C. The highest BCUT2D eigenvalue weighted by Gasteiger charge is 2.15. The van der Waals surface area contributed by atoms with Crippen molar-refractivity contribution in [3.05, 3.63) is 0 Å². The zero-order valence-electron chi connectivity index (χ0n) is 17.6. The van der Waals surface area contributed by atoms with Crippen molar-refractivity contribution in [3.8, 4) is 0 Å². The van der Waals surface area contributed by atoms with Gasteiger partial charge in [0.15, 0.2) is 5.96 Å². The number of ether oxygens (including phenoxy) is 1. The van der Waals surface area contributed by atoms with Gasteiger partial charge in [-0.2, -0.15) is 0 Å². The number of nitrogens with one attached hydrogen (secondary N) is 3. The van der Waals surface area contributed by atoms with Crippen LogP contribution in [0.4, 0.5) is 0 Å². The highest BCUT2D eigenvalue weighted by Crippen LogP contribution is 2.10. The molecule has 0 atom stereocenters. The summed E-state index contributed by atoms with van der Waals surface area (Å²) in [4.78, 5) is 27.5. The molecule has 0 heterocycles. The predicted octanol–water partition coefficient (Wildman–Crippen LogP) is 2.36. The summed E-state index contributed by atoms with van der Waals surface area (Å²) >= 11 is 0. The summed E-state index contributed by atoms with van der Waals surface area (Å²) in [6.07, 6.45) is 4.30. The van der Waals surface area contributed by atoms with Crippen LogP contribution in [-0.4, -0.2) is 49.1 Å². The van der Waals surface area contributed by atoms with Crippen molar-refractivity contribution >= 4 is 17.8 Å². The van der Waals surface area contributed by atoms with Crippen molar-refractivity contribution in [3.63, 3.8) is 0 Å². The van der Waals surface area contributed by atoms with Gasteiger partial charge in [0.05, 0.1) is 6.54 Å². The second kappa shape index (κ2) is 11.8. The topological polar surface area (TPSA) is 91.8 Å². The van der Waals surface area contributed by atoms with E-state index < -0.39 is 5.60 Å². The lowest BCUT2D eigenvalue weighted by Gasteiger charge is -2.21. The summed E-state index contributed by atoms with van der Waals surface area (Å²) in [7, 11) is 1.68. The quantitative estimate of drug-likeness (QED) is 0.251. The molecule has 0 saturated heterocycles. The van der Waals surface area contributed by atoms with Gasteiger partial charge in [0.25, 0.3) is 0 Å². The number of esters is 1. The van der Waals surface area contributed by atoms with Gasteiger partial charge in [0.1, 0.15) is 5.60 Å². The molecule has 0 unspecified atom stereocenters. The first-order chi connectivity index (χ1) is 11.9. The van der Waals surface area contributed by atoms with Crippen molar-refractivity contribution in [2.45, 2.75) is 84.8 Å². The maximum Gasteiger partial charge on any atom is 0.306 e. The molecule has 152 valence electrons. The Kier molecular flexibility index (Phi) is 10.9. The number of aliphatic imine (C=N–C) groups is 1. The van der Waals surface area contributed by atoms with E-state index in [1.165, 1.54) is 0 Å². The molecule has 0 fully saturated rings. The summed E-state index contributed by atoms with van der Waals surface area (Å²) in [6, 6.07) is 0. The van der Waals surface area contributed by atoms with Crippen molar-refractivity contribution in [2.24, 2.45) is 4.99 Å². The van der Waals surface area contributed by atoms with E-state index >= 15 is 0 Å². The third kappa shape index (κ3) is 15.7. The molecule has 0 rings (SSSR count). The number of hydrogen-bond donors (Lipinski definition) is 3. The van der Waals surface area contributed by atoms with Crippen LogP contribution in [0.2, 0.25) is 0 Å². The van der Waals surface area contributed by atoms with E-state index in [1.54, 1.807) is 7.05 Å². The molecule has 0 spiro atoms. The number of rotatable bonds is 9. The van der Waals surface area contributed by atoms with Crippen molar-refractivity contribution < 1.29 is 14.3 Å². The van der Waals surface area contributed by atoms with Crippen LogP contribution in [0.5, 0.6) is 0 Å². The molecule has 0 saturated carbocycles. The van der Waals surface area contributed by atoms with Crippen LogP contribution in [0.15, 0.2) is 4.99 Å². The monoisotopic (exact) mass is 370 g/mol. The number of guanidine groups is 1.